The second kappa shape index (κ2) is 4.25. The third kappa shape index (κ3) is 1.94. The first-order valence-corrected chi connectivity index (χ1v) is 4.72. The summed E-state index contributed by atoms with van der Waals surface area (Å²) in [5.41, 5.74) is 0.979. The number of hydrogen-bond acceptors (Lipinski definition) is 3. The molecular weight excluding hydrogens is 176 g/mol. The van der Waals surface area contributed by atoms with Crippen LogP contribution >= 0.6 is 0 Å². The first kappa shape index (κ1) is 10.7. The predicted octanol–water partition coefficient (Wildman–Crippen LogP) is 1.56. The molecule has 0 spiro atoms. The highest BCUT2D eigenvalue weighted by Crippen LogP contribution is 2.15. The summed E-state index contributed by atoms with van der Waals surface area (Å²) in [4.78, 5) is 4.40. The number of aryl methyl sites for hydroxylation is 1. The molecule has 0 aliphatic heterocycles. The van der Waals surface area contributed by atoms with E-state index in [2.05, 4.69) is 16.4 Å². The molecule has 2 atom stereocenters. The first-order chi connectivity index (χ1) is 6.60. The lowest BCUT2D eigenvalue weighted by Gasteiger charge is -2.06. The van der Waals surface area contributed by atoms with Crippen LogP contribution in [-0.2, 0) is 0 Å². The van der Waals surface area contributed by atoms with Crippen LogP contribution in [0, 0.1) is 18.3 Å². The SMILES string of the molecule is CNC(C)c1cn(C(C)C#N)c(C)n1. The Labute approximate surface area is 84.6 Å². The van der Waals surface area contributed by atoms with Crippen LogP contribution < -0.4 is 5.32 Å². The van der Waals surface area contributed by atoms with Gasteiger partial charge in [0.05, 0.1) is 11.8 Å². The average molecular weight is 192 g/mol. The van der Waals surface area contributed by atoms with Gasteiger partial charge in [-0.2, -0.15) is 5.26 Å². The molecule has 0 aliphatic rings. The van der Waals surface area contributed by atoms with E-state index in [0.717, 1.165) is 11.5 Å². The van der Waals surface area contributed by atoms with Crippen LogP contribution in [0.1, 0.15) is 37.4 Å². The molecule has 14 heavy (non-hydrogen) atoms. The van der Waals surface area contributed by atoms with Gasteiger partial charge in [-0.1, -0.05) is 0 Å². The molecule has 0 aliphatic carbocycles. The lowest BCUT2D eigenvalue weighted by atomic mass is 10.2. The molecule has 76 valence electrons. The Morgan fingerprint density at radius 1 is 1.57 bits per heavy atom. The van der Waals surface area contributed by atoms with E-state index in [1.165, 1.54) is 0 Å². The van der Waals surface area contributed by atoms with Gasteiger partial charge in [0.2, 0.25) is 0 Å². The molecule has 1 aromatic rings. The minimum Gasteiger partial charge on any atom is -0.319 e. The van der Waals surface area contributed by atoms with Gasteiger partial charge in [-0.15, -0.1) is 0 Å². The topological polar surface area (TPSA) is 53.6 Å². The van der Waals surface area contributed by atoms with E-state index >= 15 is 0 Å². The highest BCUT2D eigenvalue weighted by Gasteiger charge is 2.12. The van der Waals surface area contributed by atoms with Gasteiger partial charge >= 0.3 is 0 Å². The number of hydrogen-bond donors (Lipinski definition) is 1. The molecule has 1 N–H and O–H groups in total. The number of imidazole rings is 1. The van der Waals surface area contributed by atoms with Crippen molar-refractivity contribution in [2.24, 2.45) is 0 Å². The maximum absolute atomic E-state index is 8.80. The van der Waals surface area contributed by atoms with Crippen molar-refractivity contribution in [2.45, 2.75) is 32.9 Å². The van der Waals surface area contributed by atoms with Crippen LogP contribution in [0.5, 0.6) is 0 Å². The summed E-state index contributed by atoms with van der Waals surface area (Å²) in [5.74, 6) is 0.885. The minimum absolute atomic E-state index is 0.152. The van der Waals surface area contributed by atoms with Crippen LogP contribution in [0.3, 0.4) is 0 Å². The Morgan fingerprint density at radius 3 is 2.71 bits per heavy atom. The molecule has 4 nitrogen and oxygen atoms in total. The zero-order valence-electron chi connectivity index (χ0n) is 9.07. The van der Waals surface area contributed by atoms with Gasteiger partial charge in [-0.05, 0) is 27.8 Å². The minimum atomic E-state index is -0.152. The van der Waals surface area contributed by atoms with E-state index in [-0.39, 0.29) is 12.1 Å². The summed E-state index contributed by atoms with van der Waals surface area (Å²) in [6, 6.07) is 2.27. The largest absolute Gasteiger partial charge is 0.319 e. The molecule has 0 saturated carbocycles. The van der Waals surface area contributed by atoms with Gasteiger partial charge in [0.1, 0.15) is 11.9 Å². The second-order valence-corrected chi connectivity index (χ2v) is 3.44. The van der Waals surface area contributed by atoms with E-state index in [1.807, 2.05) is 38.6 Å². The Kier molecular flexibility index (Phi) is 3.26. The highest BCUT2D eigenvalue weighted by atomic mass is 15.1. The third-order valence-electron chi connectivity index (χ3n) is 2.42. The number of rotatable bonds is 3. The zero-order valence-corrected chi connectivity index (χ0v) is 9.07. The van der Waals surface area contributed by atoms with Crippen LogP contribution in [0.2, 0.25) is 0 Å². The first-order valence-electron chi connectivity index (χ1n) is 4.72. The maximum atomic E-state index is 8.80. The fourth-order valence-corrected chi connectivity index (χ4v) is 1.32. The van der Waals surface area contributed by atoms with Gasteiger partial charge in [0.15, 0.2) is 0 Å². The van der Waals surface area contributed by atoms with Crippen molar-refractivity contribution >= 4 is 0 Å². The van der Waals surface area contributed by atoms with Crippen molar-refractivity contribution in [1.82, 2.24) is 14.9 Å². The molecular formula is C10H16N4. The molecule has 0 radical (unpaired) electrons. The summed E-state index contributed by atoms with van der Waals surface area (Å²) < 4.78 is 1.89. The van der Waals surface area contributed by atoms with E-state index in [1.54, 1.807) is 0 Å². The highest BCUT2D eigenvalue weighted by molar-refractivity contribution is 5.10. The maximum Gasteiger partial charge on any atom is 0.119 e. The monoisotopic (exact) mass is 192 g/mol. The van der Waals surface area contributed by atoms with Gasteiger partial charge in [-0.25, -0.2) is 4.98 Å². The van der Waals surface area contributed by atoms with Gasteiger partial charge in [-0.3, -0.25) is 0 Å². The quantitative estimate of drug-likeness (QED) is 0.790. The van der Waals surface area contributed by atoms with E-state index in [0.29, 0.717) is 0 Å². The summed E-state index contributed by atoms with van der Waals surface area (Å²) in [6.07, 6.45) is 1.93. The van der Waals surface area contributed by atoms with Crippen molar-refractivity contribution in [3.63, 3.8) is 0 Å². The van der Waals surface area contributed by atoms with Crippen LogP contribution in [-0.4, -0.2) is 16.6 Å². The van der Waals surface area contributed by atoms with Crippen LogP contribution in [0.4, 0.5) is 0 Å². The Morgan fingerprint density at radius 2 is 2.21 bits per heavy atom. The number of aromatic nitrogens is 2. The fraction of sp³-hybridized carbons (Fsp3) is 0.600. The van der Waals surface area contributed by atoms with Crippen molar-refractivity contribution in [3.05, 3.63) is 17.7 Å². The van der Waals surface area contributed by atoms with Crippen molar-refractivity contribution in [2.75, 3.05) is 7.05 Å². The Hall–Kier alpha value is -1.34. The average Bonchev–Trinajstić information content (AvgIpc) is 2.58. The molecule has 0 bridgehead atoms. The summed E-state index contributed by atoms with van der Waals surface area (Å²) in [6.45, 7) is 5.82. The molecule has 1 rings (SSSR count). The van der Waals surface area contributed by atoms with Crippen LogP contribution in [0.15, 0.2) is 6.20 Å². The van der Waals surface area contributed by atoms with E-state index in [4.69, 9.17) is 5.26 Å². The van der Waals surface area contributed by atoms with Crippen molar-refractivity contribution in [3.8, 4) is 6.07 Å². The normalized spacial score (nSPS) is 14.8. The molecule has 1 heterocycles. The van der Waals surface area contributed by atoms with Crippen molar-refractivity contribution < 1.29 is 0 Å². The lowest BCUT2D eigenvalue weighted by molar-refractivity contribution is 0.629. The lowest BCUT2D eigenvalue weighted by Crippen LogP contribution is -2.12. The predicted molar refractivity (Wildman–Crippen MR) is 54.8 cm³/mol. The Balaban J connectivity index is 3.00. The van der Waals surface area contributed by atoms with Gasteiger partial charge in [0.25, 0.3) is 0 Å². The Bertz CT molecular complexity index is 347. The standard InChI is InChI=1S/C10H16N4/c1-7(5-11)14-6-10(8(2)12-4)13-9(14)3/h6-8,12H,1-4H3. The van der Waals surface area contributed by atoms with Crippen molar-refractivity contribution in [1.29, 1.82) is 5.26 Å². The molecule has 0 fully saturated rings. The number of nitriles is 1. The fourth-order valence-electron chi connectivity index (χ4n) is 1.32. The zero-order chi connectivity index (χ0) is 10.7. The molecule has 4 heteroatoms. The molecule has 0 amide bonds. The van der Waals surface area contributed by atoms with E-state index in [9.17, 15) is 0 Å². The van der Waals surface area contributed by atoms with Gasteiger partial charge < -0.3 is 9.88 Å². The smallest absolute Gasteiger partial charge is 0.119 e. The van der Waals surface area contributed by atoms with Gasteiger partial charge in [0, 0.05) is 12.2 Å². The molecule has 0 aromatic carbocycles. The van der Waals surface area contributed by atoms with Crippen LogP contribution in [0.25, 0.3) is 0 Å². The molecule has 1 aromatic heterocycles. The third-order valence-corrected chi connectivity index (χ3v) is 2.42. The number of nitrogens with one attached hydrogen (secondary N) is 1. The summed E-state index contributed by atoms with van der Waals surface area (Å²) >= 11 is 0. The molecule has 2 unspecified atom stereocenters. The second-order valence-electron chi connectivity index (χ2n) is 3.44. The summed E-state index contributed by atoms with van der Waals surface area (Å²) in [5, 5.41) is 11.9. The molecule has 0 saturated heterocycles. The summed E-state index contributed by atoms with van der Waals surface area (Å²) in [7, 11) is 1.90. The van der Waals surface area contributed by atoms with E-state index < -0.39 is 0 Å². The number of nitrogens with zero attached hydrogens (tertiary/aromatic N) is 3.